The highest BCUT2D eigenvalue weighted by molar-refractivity contribution is 6.61. The first-order valence-electron chi connectivity index (χ1n) is 6.70. The third kappa shape index (κ3) is 3.05. The van der Waals surface area contributed by atoms with Crippen LogP contribution in [-0.2, 0) is 22.5 Å². The van der Waals surface area contributed by atoms with Crippen LogP contribution in [0.15, 0.2) is 36.4 Å². The Labute approximate surface area is 126 Å². The first-order chi connectivity index (χ1) is 10.5. The van der Waals surface area contributed by atoms with Gasteiger partial charge in [0.1, 0.15) is 11.6 Å². The number of hydrogen-bond acceptors (Lipinski definition) is 4. The molecule has 0 unspecified atom stereocenters. The average Bonchev–Trinajstić information content (AvgIpc) is 3.03. The van der Waals surface area contributed by atoms with Crippen LogP contribution in [0.4, 0.5) is 8.78 Å². The summed E-state index contributed by atoms with van der Waals surface area (Å²) in [6.07, 6.45) is 0. The minimum atomic E-state index is -0.870. The van der Waals surface area contributed by atoms with Crippen LogP contribution in [0.3, 0.4) is 0 Å². The third-order valence-electron chi connectivity index (χ3n) is 3.54. The summed E-state index contributed by atoms with van der Waals surface area (Å²) >= 11 is 0. The normalized spacial score (nSPS) is 15.3. The van der Waals surface area contributed by atoms with Gasteiger partial charge in [-0.2, -0.15) is 0 Å². The van der Waals surface area contributed by atoms with Crippen molar-refractivity contribution in [3.63, 3.8) is 0 Å². The van der Waals surface area contributed by atoms with Gasteiger partial charge in [-0.1, -0.05) is 12.1 Å². The molecule has 0 atom stereocenters. The Hall–Kier alpha value is -1.73. The Morgan fingerprint density at radius 2 is 1.18 bits per heavy atom. The largest absolute Gasteiger partial charge is 0.491 e. The van der Waals surface area contributed by atoms with Crippen LogP contribution in [0.2, 0.25) is 0 Å². The SMILES string of the molecule is OB1OCc2cc(F)ccc21.OB1OCc2cc(F)ccc21. The Morgan fingerprint density at radius 3 is 1.59 bits per heavy atom. The number of halogens is 2. The maximum absolute atomic E-state index is 12.6. The predicted octanol–water partition coefficient (Wildman–Crippen LogP) is 0.0868. The lowest BCUT2D eigenvalue weighted by Gasteiger charge is -1.95. The van der Waals surface area contributed by atoms with Crippen LogP contribution in [0.1, 0.15) is 11.1 Å². The maximum Gasteiger partial charge on any atom is 0.491 e. The van der Waals surface area contributed by atoms with Gasteiger partial charge in [-0.15, -0.1) is 0 Å². The summed E-state index contributed by atoms with van der Waals surface area (Å²) in [6.45, 7) is 0.600. The van der Waals surface area contributed by atoms with Crippen LogP contribution in [0, 0.1) is 11.6 Å². The standard InChI is InChI=1S/2C7H6BFO2/c2*9-6-1-2-7-5(3-6)4-11-8(7)10/h2*1-3,10H,4H2. The number of benzene rings is 2. The summed E-state index contributed by atoms with van der Waals surface area (Å²) in [5.74, 6) is -0.581. The van der Waals surface area contributed by atoms with Gasteiger partial charge in [-0.3, -0.25) is 0 Å². The highest BCUT2D eigenvalue weighted by Crippen LogP contribution is 2.11. The van der Waals surface area contributed by atoms with E-state index in [4.69, 9.17) is 19.4 Å². The quantitative estimate of drug-likeness (QED) is 0.677. The zero-order chi connectivity index (χ0) is 15.7. The average molecular weight is 304 g/mol. The maximum atomic E-state index is 12.6. The lowest BCUT2D eigenvalue weighted by atomic mass is 9.80. The molecule has 22 heavy (non-hydrogen) atoms. The van der Waals surface area contributed by atoms with Crippen molar-refractivity contribution in [3.05, 3.63) is 59.2 Å². The van der Waals surface area contributed by atoms with Gasteiger partial charge < -0.3 is 19.4 Å². The van der Waals surface area contributed by atoms with Crippen molar-refractivity contribution in [1.29, 1.82) is 0 Å². The summed E-state index contributed by atoms with van der Waals surface area (Å²) in [4.78, 5) is 0. The molecule has 0 aromatic heterocycles. The van der Waals surface area contributed by atoms with E-state index in [0.717, 1.165) is 11.1 Å². The molecular formula is C14H12B2F2O4. The second-order valence-electron chi connectivity index (χ2n) is 5.01. The van der Waals surface area contributed by atoms with Crippen molar-refractivity contribution in [2.75, 3.05) is 0 Å². The van der Waals surface area contributed by atoms with Crippen molar-refractivity contribution in [3.8, 4) is 0 Å². The van der Waals surface area contributed by atoms with E-state index in [0.29, 0.717) is 24.1 Å². The second-order valence-corrected chi connectivity index (χ2v) is 5.01. The zero-order valence-electron chi connectivity index (χ0n) is 11.5. The Bertz CT molecular complexity index is 639. The van der Waals surface area contributed by atoms with Gasteiger partial charge in [-0.05, 0) is 46.3 Å². The molecule has 4 nitrogen and oxygen atoms in total. The fourth-order valence-corrected chi connectivity index (χ4v) is 2.40. The molecule has 2 aromatic carbocycles. The van der Waals surface area contributed by atoms with E-state index < -0.39 is 14.2 Å². The summed E-state index contributed by atoms with van der Waals surface area (Å²) in [7, 11) is -1.74. The van der Waals surface area contributed by atoms with Crippen LogP contribution >= 0.6 is 0 Å². The van der Waals surface area contributed by atoms with Crippen LogP contribution < -0.4 is 10.9 Å². The van der Waals surface area contributed by atoms with Gasteiger partial charge in [0.2, 0.25) is 0 Å². The summed E-state index contributed by atoms with van der Waals surface area (Å²) in [6, 6.07) is 8.48. The van der Waals surface area contributed by atoms with Gasteiger partial charge in [0.05, 0.1) is 13.2 Å². The van der Waals surface area contributed by atoms with Crippen molar-refractivity contribution < 1.29 is 28.1 Å². The van der Waals surface area contributed by atoms with Crippen molar-refractivity contribution >= 4 is 25.2 Å². The molecule has 2 aliphatic rings. The van der Waals surface area contributed by atoms with Gasteiger partial charge in [0.25, 0.3) is 0 Å². The summed E-state index contributed by atoms with van der Waals surface area (Å²) < 4.78 is 34.8. The van der Waals surface area contributed by atoms with Crippen LogP contribution in [0.5, 0.6) is 0 Å². The van der Waals surface area contributed by atoms with E-state index in [1.54, 1.807) is 12.1 Å². The molecule has 2 aliphatic heterocycles. The first-order valence-corrected chi connectivity index (χ1v) is 6.70. The fraction of sp³-hybridized carbons (Fsp3) is 0.143. The fourth-order valence-electron chi connectivity index (χ4n) is 2.40. The molecule has 0 spiro atoms. The molecule has 0 amide bonds. The molecule has 2 N–H and O–H groups in total. The molecule has 0 fully saturated rings. The molecule has 2 aromatic rings. The smallest absolute Gasteiger partial charge is 0.423 e. The molecule has 0 saturated heterocycles. The molecule has 8 heteroatoms. The second kappa shape index (κ2) is 6.18. The Kier molecular flexibility index (Phi) is 4.26. The van der Waals surface area contributed by atoms with Crippen LogP contribution in [0.25, 0.3) is 0 Å². The molecular weight excluding hydrogens is 292 g/mol. The monoisotopic (exact) mass is 304 g/mol. The molecule has 2 heterocycles. The third-order valence-corrected chi connectivity index (χ3v) is 3.54. The van der Waals surface area contributed by atoms with Gasteiger partial charge in [0, 0.05) is 0 Å². The van der Waals surface area contributed by atoms with Gasteiger partial charge in [0.15, 0.2) is 0 Å². The first kappa shape index (κ1) is 15.2. The van der Waals surface area contributed by atoms with Gasteiger partial charge >= 0.3 is 14.2 Å². The summed E-state index contributed by atoms with van der Waals surface area (Å²) in [5.41, 5.74) is 2.81. The van der Waals surface area contributed by atoms with E-state index in [1.807, 2.05) is 0 Å². The van der Waals surface area contributed by atoms with Crippen LogP contribution in [-0.4, -0.2) is 24.3 Å². The molecule has 4 rings (SSSR count). The molecule has 0 bridgehead atoms. The lowest BCUT2D eigenvalue weighted by molar-refractivity contribution is 0.274. The number of hydrogen-bond donors (Lipinski definition) is 2. The van der Waals surface area contributed by atoms with Gasteiger partial charge in [-0.25, -0.2) is 8.78 Å². The highest BCUT2D eigenvalue weighted by atomic mass is 19.1. The minimum Gasteiger partial charge on any atom is -0.423 e. The molecule has 112 valence electrons. The van der Waals surface area contributed by atoms with Crippen molar-refractivity contribution in [1.82, 2.24) is 0 Å². The molecule has 0 aliphatic carbocycles. The number of fused-ring (bicyclic) bond motifs is 2. The minimum absolute atomic E-state index is 0.290. The predicted molar refractivity (Wildman–Crippen MR) is 77.6 cm³/mol. The van der Waals surface area contributed by atoms with E-state index in [9.17, 15) is 8.78 Å². The van der Waals surface area contributed by atoms with E-state index >= 15 is 0 Å². The molecule has 0 saturated carbocycles. The lowest BCUT2D eigenvalue weighted by Crippen LogP contribution is -2.27. The Balaban J connectivity index is 0.000000131. The van der Waals surface area contributed by atoms with Crippen molar-refractivity contribution in [2.45, 2.75) is 13.2 Å². The van der Waals surface area contributed by atoms with Crippen molar-refractivity contribution in [2.24, 2.45) is 0 Å². The zero-order valence-corrected chi connectivity index (χ0v) is 11.5. The topological polar surface area (TPSA) is 58.9 Å². The highest BCUT2D eigenvalue weighted by Gasteiger charge is 2.27. The summed E-state index contributed by atoms with van der Waals surface area (Å²) in [5, 5.41) is 18.3. The van der Waals surface area contributed by atoms with E-state index in [1.165, 1.54) is 24.3 Å². The van der Waals surface area contributed by atoms with E-state index in [2.05, 4.69) is 0 Å². The van der Waals surface area contributed by atoms with E-state index in [-0.39, 0.29) is 11.6 Å². The Morgan fingerprint density at radius 1 is 0.773 bits per heavy atom. The molecule has 0 radical (unpaired) electrons. The number of rotatable bonds is 0.